The third-order valence-corrected chi connectivity index (χ3v) is 3.92. The fourth-order valence-electron chi connectivity index (χ4n) is 1.59. The first-order valence-electron chi connectivity index (χ1n) is 5.29. The molecule has 100 valence electrons. The minimum absolute atomic E-state index is 0.126. The molecule has 1 aliphatic rings. The first-order chi connectivity index (χ1) is 8.87. The summed E-state index contributed by atoms with van der Waals surface area (Å²) in [6.45, 7) is 0. The van der Waals surface area contributed by atoms with E-state index < -0.39 is 20.8 Å². The van der Waals surface area contributed by atoms with E-state index in [1.807, 2.05) is 0 Å². The molecule has 1 aromatic carbocycles. The van der Waals surface area contributed by atoms with Crippen LogP contribution in [0.25, 0.3) is 0 Å². The lowest BCUT2D eigenvalue weighted by atomic mass is 10.2. The van der Waals surface area contributed by atoms with Crippen LogP contribution in [0.3, 0.4) is 0 Å². The van der Waals surface area contributed by atoms with Gasteiger partial charge in [0.25, 0.3) is 5.69 Å². The van der Waals surface area contributed by atoms with Crippen LogP contribution < -0.4 is 0 Å². The van der Waals surface area contributed by atoms with Crippen LogP contribution in [-0.2, 0) is 9.84 Å². The van der Waals surface area contributed by atoms with Gasteiger partial charge in [0, 0.05) is 29.3 Å². The monoisotopic (exact) mass is 282 g/mol. The van der Waals surface area contributed by atoms with Crippen molar-refractivity contribution in [2.45, 2.75) is 6.04 Å². The highest BCUT2D eigenvalue weighted by molar-refractivity contribution is 7.94. The highest BCUT2D eigenvalue weighted by Gasteiger charge is 2.20. The molecule has 1 heterocycles. The SMILES string of the molecule is O=[N+]([O-])c1ccc(O)c(C=N[C@H]2C=CS(=O)(=O)C2)c1. The van der Waals surface area contributed by atoms with Gasteiger partial charge in [-0.25, -0.2) is 8.42 Å². The molecule has 2 rings (SSSR count). The summed E-state index contributed by atoms with van der Waals surface area (Å²) in [4.78, 5) is 14.0. The van der Waals surface area contributed by atoms with Gasteiger partial charge in [-0.15, -0.1) is 0 Å². The van der Waals surface area contributed by atoms with E-state index in [9.17, 15) is 23.6 Å². The zero-order valence-corrected chi connectivity index (χ0v) is 10.4. The van der Waals surface area contributed by atoms with Crippen LogP contribution in [0.2, 0.25) is 0 Å². The molecule has 0 amide bonds. The highest BCUT2D eigenvalue weighted by Crippen LogP contribution is 2.21. The van der Waals surface area contributed by atoms with Crippen LogP contribution >= 0.6 is 0 Å². The van der Waals surface area contributed by atoms with Gasteiger partial charge in [-0.05, 0) is 12.1 Å². The maximum absolute atomic E-state index is 11.2. The molecular weight excluding hydrogens is 272 g/mol. The molecule has 0 unspecified atom stereocenters. The molecule has 1 aromatic rings. The molecule has 7 nitrogen and oxygen atoms in total. The van der Waals surface area contributed by atoms with Crippen LogP contribution in [-0.4, -0.2) is 36.5 Å². The van der Waals surface area contributed by atoms with Crippen molar-refractivity contribution >= 4 is 21.7 Å². The van der Waals surface area contributed by atoms with E-state index in [4.69, 9.17) is 0 Å². The number of aliphatic imine (C=N–C) groups is 1. The number of nitrogens with zero attached hydrogens (tertiary/aromatic N) is 2. The molecule has 0 radical (unpaired) electrons. The van der Waals surface area contributed by atoms with Gasteiger partial charge in [-0.2, -0.15) is 0 Å². The van der Waals surface area contributed by atoms with Gasteiger partial charge in [0.05, 0.1) is 16.7 Å². The number of aromatic hydroxyl groups is 1. The highest BCUT2D eigenvalue weighted by atomic mass is 32.2. The Balaban J connectivity index is 2.22. The summed E-state index contributed by atoms with van der Waals surface area (Å²) in [6.07, 6.45) is 2.67. The summed E-state index contributed by atoms with van der Waals surface area (Å²) >= 11 is 0. The van der Waals surface area contributed by atoms with Crippen molar-refractivity contribution in [3.05, 3.63) is 45.4 Å². The van der Waals surface area contributed by atoms with Crippen molar-refractivity contribution in [3.8, 4) is 5.75 Å². The normalized spacial score (nSPS) is 20.9. The molecule has 1 aliphatic heterocycles. The first-order valence-corrected chi connectivity index (χ1v) is 7.00. The summed E-state index contributed by atoms with van der Waals surface area (Å²) in [5, 5.41) is 21.2. The molecule has 0 saturated heterocycles. The Morgan fingerprint density at radius 1 is 1.47 bits per heavy atom. The van der Waals surface area contributed by atoms with Gasteiger partial charge in [0.1, 0.15) is 5.75 Å². The Morgan fingerprint density at radius 3 is 2.79 bits per heavy atom. The smallest absolute Gasteiger partial charge is 0.270 e. The molecule has 0 saturated carbocycles. The molecule has 0 aliphatic carbocycles. The number of nitro benzene ring substituents is 1. The fourth-order valence-corrected chi connectivity index (χ4v) is 2.79. The molecule has 0 aromatic heterocycles. The Morgan fingerprint density at radius 2 is 2.21 bits per heavy atom. The Labute approximate surface area is 109 Å². The second kappa shape index (κ2) is 4.81. The quantitative estimate of drug-likeness (QED) is 0.505. The van der Waals surface area contributed by atoms with Crippen LogP contribution in [0.1, 0.15) is 5.56 Å². The van der Waals surface area contributed by atoms with Gasteiger partial charge < -0.3 is 5.11 Å². The molecule has 0 fully saturated rings. The van der Waals surface area contributed by atoms with E-state index in [0.717, 1.165) is 5.41 Å². The average molecular weight is 282 g/mol. The number of phenols is 1. The number of non-ortho nitro benzene ring substituents is 1. The number of hydrogen-bond donors (Lipinski definition) is 1. The average Bonchev–Trinajstić information content (AvgIpc) is 2.67. The maximum Gasteiger partial charge on any atom is 0.270 e. The van der Waals surface area contributed by atoms with Crippen LogP contribution in [0.5, 0.6) is 5.75 Å². The van der Waals surface area contributed by atoms with Gasteiger partial charge >= 0.3 is 0 Å². The number of nitro groups is 1. The van der Waals surface area contributed by atoms with Crippen molar-refractivity contribution in [1.82, 2.24) is 0 Å². The van der Waals surface area contributed by atoms with Crippen LogP contribution in [0, 0.1) is 10.1 Å². The minimum atomic E-state index is -3.20. The van der Waals surface area contributed by atoms with Gasteiger partial charge in [0.2, 0.25) is 0 Å². The number of benzene rings is 1. The Bertz CT molecular complexity index is 678. The molecule has 1 atom stereocenters. The van der Waals surface area contributed by atoms with Crippen LogP contribution in [0.15, 0.2) is 34.7 Å². The lowest BCUT2D eigenvalue weighted by molar-refractivity contribution is -0.384. The molecule has 19 heavy (non-hydrogen) atoms. The van der Waals surface area contributed by atoms with Gasteiger partial charge in [0.15, 0.2) is 9.84 Å². The second-order valence-corrected chi connectivity index (χ2v) is 5.94. The predicted molar refractivity (Wildman–Crippen MR) is 69.1 cm³/mol. The molecule has 0 bridgehead atoms. The summed E-state index contributed by atoms with van der Waals surface area (Å²) in [5.74, 6) is -0.279. The van der Waals surface area contributed by atoms with E-state index in [0.29, 0.717) is 0 Å². The summed E-state index contributed by atoms with van der Waals surface area (Å²) < 4.78 is 22.3. The van der Waals surface area contributed by atoms with Crippen molar-refractivity contribution < 1.29 is 18.4 Å². The zero-order valence-electron chi connectivity index (χ0n) is 9.63. The van der Waals surface area contributed by atoms with Crippen molar-refractivity contribution in [1.29, 1.82) is 0 Å². The van der Waals surface area contributed by atoms with E-state index in [1.54, 1.807) is 0 Å². The largest absolute Gasteiger partial charge is 0.507 e. The van der Waals surface area contributed by atoms with Crippen molar-refractivity contribution in [2.24, 2.45) is 4.99 Å². The van der Waals surface area contributed by atoms with E-state index in [1.165, 1.54) is 30.5 Å². The predicted octanol–water partition coefficient (Wildman–Crippen LogP) is 1.03. The standard InChI is InChI=1S/C11H10N2O5S/c14-11-2-1-10(13(15)16)5-8(11)6-12-9-3-4-19(17,18)7-9/h1-6,9,14H,7H2/t9-/m0/s1. The third-order valence-electron chi connectivity index (χ3n) is 2.54. The van der Waals surface area contributed by atoms with Crippen molar-refractivity contribution in [2.75, 3.05) is 5.75 Å². The summed E-state index contributed by atoms with van der Waals surface area (Å²) in [7, 11) is -3.20. The number of sulfone groups is 1. The van der Waals surface area contributed by atoms with Crippen molar-refractivity contribution in [3.63, 3.8) is 0 Å². The number of rotatable bonds is 3. The Hall–Kier alpha value is -2.22. The van der Waals surface area contributed by atoms with Crippen LogP contribution in [0.4, 0.5) is 5.69 Å². The topological polar surface area (TPSA) is 110 Å². The summed E-state index contributed by atoms with van der Waals surface area (Å²) in [5.41, 5.74) is 0.000679. The Kier molecular flexibility index (Phi) is 3.34. The zero-order chi connectivity index (χ0) is 14.0. The fraction of sp³-hybridized carbons (Fsp3) is 0.182. The molecule has 0 spiro atoms. The number of phenolic OH excluding ortho intramolecular Hbond substituents is 1. The van der Waals surface area contributed by atoms with E-state index in [2.05, 4.69) is 4.99 Å². The molecular formula is C11H10N2O5S. The van der Waals surface area contributed by atoms with Gasteiger partial charge in [-0.3, -0.25) is 15.1 Å². The van der Waals surface area contributed by atoms with E-state index >= 15 is 0 Å². The lowest BCUT2D eigenvalue weighted by Crippen LogP contribution is -2.08. The van der Waals surface area contributed by atoms with E-state index in [-0.39, 0.29) is 22.8 Å². The third kappa shape index (κ3) is 3.16. The summed E-state index contributed by atoms with van der Waals surface area (Å²) in [6, 6.07) is 3.02. The first kappa shape index (κ1) is 13.2. The number of hydrogen-bond acceptors (Lipinski definition) is 6. The van der Waals surface area contributed by atoms with Gasteiger partial charge in [-0.1, -0.05) is 0 Å². The molecule has 8 heteroatoms. The molecule has 1 N–H and O–H groups in total. The minimum Gasteiger partial charge on any atom is -0.507 e. The maximum atomic E-state index is 11.2. The second-order valence-electron chi connectivity index (χ2n) is 4.00. The lowest BCUT2D eigenvalue weighted by Gasteiger charge is -2.01.